The number of fused-ring (bicyclic) bond motifs is 1. The number of hydrogen-bond donors (Lipinski definition) is 2. The lowest BCUT2D eigenvalue weighted by atomic mass is 10.3. The number of aryl methyl sites for hydroxylation is 1. The third-order valence-electron chi connectivity index (χ3n) is 2.95. The molecule has 2 aromatic heterocycles. The molecular formula is C12H17ClN6O. The minimum absolute atomic E-state index is 0.229. The molecule has 0 unspecified atom stereocenters. The number of halogens is 1. The van der Waals surface area contributed by atoms with Crippen molar-refractivity contribution in [3.8, 4) is 0 Å². The molecule has 0 fully saturated rings. The molecule has 2 aromatic rings. The number of amidine groups is 1. The summed E-state index contributed by atoms with van der Waals surface area (Å²) < 4.78 is 1.57. The highest BCUT2D eigenvalue weighted by Crippen LogP contribution is 2.09. The second-order valence-corrected chi connectivity index (χ2v) is 4.75. The number of aliphatic imine (C=N–C) groups is 1. The predicted octanol–water partition coefficient (Wildman–Crippen LogP) is 1.46. The van der Waals surface area contributed by atoms with Crippen LogP contribution in [0.15, 0.2) is 14.8 Å². The molecule has 0 radical (unpaired) electrons. The summed E-state index contributed by atoms with van der Waals surface area (Å²) in [6.45, 7) is 4.40. The molecule has 0 aliphatic carbocycles. The zero-order chi connectivity index (χ0) is 14.7. The van der Waals surface area contributed by atoms with Crippen molar-refractivity contribution in [3.05, 3.63) is 21.3 Å². The summed E-state index contributed by atoms with van der Waals surface area (Å²) in [5.74, 6) is 0.555. The summed E-state index contributed by atoms with van der Waals surface area (Å²) in [5, 5.41) is 0.229. The first kappa shape index (κ1) is 14.5. The molecule has 8 heteroatoms. The Morgan fingerprint density at radius 3 is 2.85 bits per heavy atom. The maximum Gasteiger partial charge on any atom is 0.328 e. The van der Waals surface area contributed by atoms with Crippen LogP contribution in [0.3, 0.4) is 0 Å². The quantitative estimate of drug-likeness (QED) is 0.510. The van der Waals surface area contributed by atoms with Gasteiger partial charge in [0.15, 0.2) is 11.1 Å². The summed E-state index contributed by atoms with van der Waals surface area (Å²) in [4.78, 5) is 30.2. The highest BCUT2D eigenvalue weighted by atomic mass is 35.5. The van der Waals surface area contributed by atoms with E-state index < -0.39 is 0 Å². The van der Waals surface area contributed by atoms with E-state index in [-0.39, 0.29) is 11.0 Å². The van der Waals surface area contributed by atoms with Gasteiger partial charge in [0.2, 0.25) is 5.28 Å². The van der Waals surface area contributed by atoms with Gasteiger partial charge in [0.05, 0.1) is 0 Å². The van der Waals surface area contributed by atoms with Crippen LogP contribution in [-0.4, -0.2) is 32.4 Å². The molecule has 0 saturated carbocycles. The Labute approximate surface area is 120 Å². The molecule has 0 aliphatic rings. The van der Waals surface area contributed by atoms with Crippen molar-refractivity contribution in [1.82, 2.24) is 19.5 Å². The van der Waals surface area contributed by atoms with E-state index >= 15 is 0 Å². The zero-order valence-electron chi connectivity index (χ0n) is 11.7. The number of aromatic amines is 2. The Morgan fingerprint density at radius 1 is 1.45 bits per heavy atom. The van der Waals surface area contributed by atoms with Crippen molar-refractivity contribution in [2.24, 2.45) is 9.98 Å². The molecule has 0 bridgehead atoms. The van der Waals surface area contributed by atoms with E-state index in [0.717, 1.165) is 12.8 Å². The smallest absolute Gasteiger partial charge is 0.324 e. The van der Waals surface area contributed by atoms with E-state index in [1.54, 1.807) is 18.5 Å². The fourth-order valence-electron chi connectivity index (χ4n) is 1.84. The molecule has 20 heavy (non-hydrogen) atoms. The molecule has 0 amide bonds. The molecule has 2 heterocycles. The van der Waals surface area contributed by atoms with E-state index in [4.69, 9.17) is 11.6 Å². The van der Waals surface area contributed by atoms with Crippen LogP contribution in [0, 0.1) is 0 Å². The van der Waals surface area contributed by atoms with Gasteiger partial charge in [-0.25, -0.2) is 9.79 Å². The lowest BCUT2D eigenvalue weighted by Gasteiger charge is -2.05. The zero-order valence-corrected chi connectivity index (χ0v) is 12.5. The second-order valence-electron chi connectivity index (χ2n) is 4.39. The van der Waals surface area contributed by atoms with Crippen molar-refractivity contribution in [1.29, 1.82) is 0 Å². The maximum atomic E-state index is 12.1. The fourth-order valence-corrected chi connectivity index (χ4v) is 2.02. The van der Waals surface area contributed by atoms with Crippen molar-refractivity contribution in [3.63, 3.8) is 0 Å². The number of rotatable bonds is 3. The van der Waals surface area contributed by atoms with Crippen molar-refractivity contribution in [2.75, 3.05) is 7.05 Å². The van der Waals surface area contributed by atoms with Gasteiger partial charge in [-0.1, -0.05) is 13.3 Å². The second kappa shape index (κ2) is 6.04. The predicted molar refractivity (Wildman–Crippen MR) is 79.2 cm³/mol. The van der Waals surface area contributed by atoms with Gasteiger partial charge in [0.25, 0.3) is 0 Å². The highest BCUT2D eigenvalue weighted by Gasteiger charge is 2.10. The van der Waals surface area contributed by atoms with Crippen LogP contribution < -0.4 is 11.2 Å². The normalized spacial score (nSPS) is 13.4. The Balaban J connectivity index is 2.75. The van der Waals surface area contributed by atoms with Crippen molar-refractivity contribution < 1.29 is 0 Å². The van der Waals surface area contributed by atoms with Gasteiger partial charge in [0, 0.05) is 13.6 Å². The summed E-state index contributed by atoms with van der Waals surface area (Å²) in [6, 6.07) is 0. The first-order chi connectivity index (χ1) is 9.56. The van der Waals surface area contributed by atoms with Crippen LogP contribution in [0.1, 0.15) is 26.7 Å². The van der Waals surface area contributed by atoms with Gasteiger partial charge in [-0.2, -0.15) is 4.98 Å². The van der Waals surface area contributed by atoms with E-state index in [1.165, 1.54) is 0 Å². The number of aromatic nitrogens is 4. The molecule has 108 valence electrons. The number of nitrogens with zero attached hydrogens (tertiary/aromatic N) is 4. The van der Waals surface area contributed by atoms with Gasteiger partial charge < -0.3 is 4.98 Å². The molecule has 2 N–H and O–H groups in total. The third kappa shape index (κ3) is 2.82. The minimum Gasteiger partial charge on any atom is -0.324 e. The van der Waals surface area contributed by atoms with Crippen LogP contribution in [0.5, 0.6) is 0 Å². The van der Waals surface area contributed by atoms with E-state index in [1.807, 2.05) is 0 Å². The molecule has 0 spiro atoms. The number of nitrogens with one attached hydrogen (secondary N) is 2. The van der Waals surface area contributed by atoms with Crippen molar-refractivity contribution in [2.45, 2.75) is 33.2 Å². The molecule has 7 nitrogen and oxygen atoms in total. The monoisotopic (exact) mass is 296 g/mol. The average molecular weight is 297 g/mol. The van der Waals surface area contributed by atoms with Crippen LogP contribution in [0.25, 0.3) is 11.2 Å². The fraction of sp³-hybridized carbons (Fsp3) is 0.500. The minimum atomic E-state index is -0.253. The SMILES string of the molecule is CCCCn1c(=O)[nH]/c(=N\C(C)=N/C)c2[nH]c(Cl)nc21. The maximum absolute atomic E-state index is 12.1. The molecule has 0 aliphatic heterocycles. The van der Waals surface area contributed by atoms with E-state index in [0.29, 0.717) is 29.0 Å². The van der Waals surface area contributed by atoms with Gasteiger partial charge in [0.1, 0.15) is 11.4 Å². The van der Waals surface area contributed by atoms with Crippen LogP contribution in [0.2, 0.25) is 5.28 Å². The summed E-state index contributed by atoms with van der Waals surface area (Å²) >= 11 is 5.92. The van der Waals surface area contributed by atoms with Gasteiger partial charge >= 0.3 is 5.69 Å². The van der Waals surface area contributed by atoms with Gasteiger partial charge in [-0.05, 0) is 24.9 Å². The Morgan fingerprint density at radius 2 is 2.20 bits per heavy atom. The van der Waals surface area contributed by atoms with Gasteiger partial charge in [-0.3, -0.25) is 14.5 Å². The lowest BCUT2D eigenvalue weighted by molar-refractivity contribution is 0.613. The van der Waals surface area contributed by atoms with Crippen molar-refractivity contribution >= 4 is 28.6 Å². The summed E-state index contributed by atoms with van der Waals surface area (Å²) in [6.07, 6.45) is 1.87. The van der Waals surface area contributed by atoms with Crippen LogP contribution >= 0.6 is 11.6 Å². The molecule has 0 atom stereocenters. The number of unbranched alkanes of at least 4 members (excludes halogenated alkanes) is 1. The number of hydrogen-bond acceptors (Lipinski definition) is 3. The summed E-state index contributed by atoms with van der Waals surface area (Å²) in [7, 11) is 1.64. The Kier molecular flexibility index (Phi) is 4.39. The van der Waals surface area contributed by atoms with Gasteiger partial charge in [-0.15, -0.1) is 0 Å². The largest absolute Gasteiger partial charge is 0.328 e. The first-order valence-corrected chi connectivity index (χ1v) is 6.81. The molecule has 0 aromatic carbocycles. The third-order valence-corrected chi connectivity index (χ3v) is 3.13. The van der Waals surface area contributed by atoms with E-state index in [9.17, 15) is 4.79 Å². The highest BCUT2D eigenvalue weighted by molar-refractivity contribution is 6.28. The average Bonchev–Trinajstić information content (AvgIpc) is 2.80. The van der Waals surface area contributed by atoms with E-state index in [2.05, 4.69) is 31.9 Å². The standard InChI is InChI=1S/C12H17ClN6O/c1-4-5-6-19-10-8(16-11(13)18-10)9(17-12(19)20)15-7(2)14-3/h4-6H2,1-3H3,(H,16,18)(H,14,15,17,20). The number of H-pyrrole nitrogens is 2. The van der Waals surface area contributed by atoms with Crippen LogP contribution in [0.4, 0.5) is 0 Å². The Bertz CT molecular complexity index is 766. The molecule has 0 saturated heterocycles. The summed E-state index contributed by atoms with van der Waals surface area (Å²) in [5.41, 5.74) is 1.25. The van der Waals surface area contributed by atoms with Crippen LogP contribution in [-0.2, 0) is 6.54 Å². The lowest BCUT2D eigenvalue weighted by Crippen LogP contribution is -2.31. The number of imidazole rings is 1. The molecular weight excluding hydrogens is 280 g/mol. The topological polar surface area (TPSA) is 91.2 Å². The Hall–Kier alpha value is -1.89. The molecule has 2 rings (SSSR count). The first-order valence-electron chi connectivity index (χ1n) is 6.43.